The monoisotopic (exact) mass is 486 g/mol. The fraction of sp³-hybridized carbons (Fsp3) is 0.400. The maximum atomic E-state index is 12.7. The van der Waals surface area contributed by atoms with Gasteiger partial charge >= 0.3 is 0 Å². The van der Waals surface area contributed by atoms with Crippen molar-refractivity contribution < 1.29 is 28.6 Å². The molecule has 0 aromatic heterocycles. The van der Waals surface area contributed by atoms with E-state index in [1.807, 2.05) is 0 Å². The topological polar surface area (TPSA) is 94.2 Å². The molecule has 1 N–H and O–H groups in total. The van der Waals surface area contributed by atoms with Crippen molar-refractivity contribution in [2.45, 2.75) is 31.8 Å². The molecular formula is C25H27ClN2O6. The first-order valence-corrected chi connectivity index (χ1v) is 11.7. The van der Waals surface area contributed by atoms with Gasteiger partial charge in [0.2, 0.25) is 5.91 Å². The van der Waals surface area contributed by atoms with Crippen LogP contribution in [0.1, 0.15) is 36.0 Å². The number of ether oxygens (including phenoxy) is 3. The van der Waals surface area contributed by atoms with Crippen LogP contribution in [-0.2, 0) is 14.3 Å². The number of rotatable bonds is 10. The number of benzene rings is 2. The van der Waals surface area contributed by atoms with Gasteiger partial charge in [0.05, 0.1) is 11.8 Å². The summed E-state index contributed by atoms with van der Waals surface area (Å²) < 4.78 is 16.6. The average molecular weight is 487 g/mol. The zero-order valence-corrected chi connectivity index (χ0v) is 19.5. The number of nitrogens with zero attached hydrogens (tertiary/aromatic N) is 1. The van der Waals surface area contributed by atoms with Gasteiger partial charge in [-0.05, 0) is 55.7 Å². The van der Waals surface area contributed by atoms with E-state index in [4.69, 9.17) is 25.8 Å². The molecule has 2 amide bonds. The third kappa shape index (κ3) is 6.27. The molecule has 2 aromatic carbocycles. The van der Waals surface area contributed by atoms with Crippen LogP contribution < -0.4 is 19.7 Å². The highest BCUT2D eigenvalue weighted by Crippen LogP contribution is 2.33. The maximum Gasteiger partial charge on any atom is 0.265 e. The molecule has 0 bridgehead atoms. The molecule has 34 heavy (non-hydrogen) atoms. The summed E-state index contributed by atoms with van der Waals surface area (Å²) in [6, 6.07) is 11.8. The van der Waals surface area contributed by atoms with Crippen LogP contribution in [0.25, 0.3) is 0 Å². The SMILES string of the molecule is O=C(CCCN1C(=O)COc2ccc(C(=O)COc3cccc(Cl)c3)cc21)NCC1CCCO1. The van der Waals surface area contributed by atoms with Gasteiger partial charge < -0.3 is 24.4 Å². The van der Waals surface area contributed by atoms with E-state index in [1.54, 1.807) is 47.4 Å². The van der Waals surface area contributed by atoms with Crippen molar-refractivity contribution in [2.24, 2.45) is 0 Å². The fourth-order valence-corrected chi connectivity index (χ4v) is 4.11. The summed E-state index contributed by atoms with van der Waals surface area (Å²) in [5, 5.41) is 3.41. The van der Waals surface area contributed by atoms with E-state index in [9.17, 15) is 14.4 Å². The number of anilines is 1. The highest BCUT2D eigenvalue weighted by molar-refractivity contribution is 6.30. The minimum absolute atomic E-state index is 0.0708. The highest BCUT2D eigenvalue weighted by atomic mass is 35.5. The first kappa shape index (κ1) is 24.0. The Morgan fingerprint density at radius 1 is 1.21 bits per heavy atom. The number of ketones is 1. The molecule has 0 aliphatic carbocycles. The van der Waals surface area contributed by atoms with E-state index in [2.05, 4.69) is 5.32 Å². The molecule has 1 saturated heterocycles. The van der Waals surface area contributed by atoms with Crippen molar-refractivity contribution in [1.29, 1.82) is 0 Å². The fourth-order valence-electron chi connectivity index (χ4n) is 3.93. The predicted molar refractivity (Wildman–Crippen MR) is 127 cm³/mol. The smallest absolute Gasteiger partial charge is 0.265 e. The first-order valence-electron chi connectivity index (χ1n) is 11.4. The third-order valence-electron chi connectivity index (χ3n) is 5.73. The molecule has 0 radical (unpaired) electrons. The highest BCUT2D eigenvalue weighted by Gasteiger charge is 2.26. The van der Waals surface area contributed by atoms with E-state index < -0.39 is 0 Å². The number of hydrogen-bond donors (Lipinski definition) is 1. The molecule has 0 saturated carbocycles. The Labute approximate surface area is 203 Å². The maximum absolute atomic E-state index is 12.7. The first-order chi connectivity index (χ1) is 16.5. The molecule has 0 spiro atoms. The minimum Gasteiger partial charge on any atom is -0.485 e. The van der Waals surface area contributed by atoms with E-state index >= 15 is 0 Å². The van der Waals surface area contributed by atoms with Crippen LogP contribution >= 0.6 is 11.6 Å². The zero-order chi connectivity index (χ0) is 23.9. The molecule has 1 fully saturated rings. The van der Waals surface area contributed by atoms with E-state index in [1.165, 1.54) is 0 Å². The van der Waals surface area contributed by atoms with Crippen LogP contribution in [-0.4, -0.2) is 56.6 Å². The lowest BCUT2D eigenvalue weighted by molar-refractivity contribution is -0.123. The number of nitrogens with one attached hydrogen (secondary N) is 1. The van der Waals surface area contributed by atoms with Crippen LogP contribution in [0.5, 0.6) is 11.5 Å². The second-order valence-corrected chi connectivity index (χ2v) is 8.66. The van der Waals surface area contributed by atoms with Gasteiger partial charge in [0.1, 0.15) is 11.5 Å². The number of fused-ring (bicyclic) bond motifs is 1. The Morgan fingerprint density at radius 3 is 2.88 bits per heavy atom. The Morgan fingerprint density at radius 2 is 2.09 bits per heavy atom. The minimum atomic E-state index is -0.241. The summed E-state index contributed by atoms with van der Waals surface area (Å²) in [6.45, 7) is 1.36. The zero-order valence-electron chi connectivity index (χ0n) is 18.8. The van der Waals surface area contributed by atoms with Crippen molar-refractivity contribution >= 4 is 34.9 Å². The molecule has 8 nitrogen and oxygen atoms in total. The molecule has 2 aliphatic heterocycles. The van der Waals surface area contributed by atoms with Crippen molar-refractivity contribution in [1.82, 2.24) is 5.32 Å². The summed E-state index contributed by atoms with van der Waals surface area (Å²) in [4.78, 5) is 38.9. The van der Waals surface area contributed by atoms with Crippen LogP contribution in [0.15, 0.2) is 42.5 Å². The van der Waals surface area contributed by atoms with E-state index in [-0.39, 0.29) is 36.9 Å². The van der Waals surface area contributed by atoms with Crippen LogP contribution in [0.2, 0.25) is 5.02 Å². The number of carbonyl (C=O) groups excluding carboxylic acids is 3. The number of amides is 2. The Balaban J connectivity index is 1.33. The Hall–Kier alpha value is -3.10. The number of halogens is 1. The molecule has 1 unspecified atom stereocenters. The van der Waals surface area contributed by atoms with Crippen LogP contribution in [0, 0.1) is 0 Å². The lowest BCUT2D eigenvalue weighted by Crippen LogP contribution is -2.40. The van der Waals surface area contributed by atoms with Gasteiger partial charge in [-0.1, -0.05) is 17.7 Å². The lowest BCUT2D eigenvalue weighted by Gasteiger charge is -2.29. The lowest BCUT2D eigenvalue weighted by atomic mass is 10.1. The van der Waals surface area contributed by atoms with Crippen molar-refractivity contribution in [2.75, 3.05) is 37.8 Å². The van der Waals surface area contributed by atoms with Gasteiger partial charge in [-0.25, -0.2) is 0 Å². The molecular weight excluding hydrogens is 460 g/mol. The standard InChI is InChI=1S/C25H27ClN2O6/c26-18-4-1-5-19(13-18)33-15-22(29)17-8-9-23-21(12-17)28(25(31)16-34-23)10-2-7-24(30)27-14-20-6-3-11-32-20/h1,4-5,8-9,12-13,20H,2-3,6-7,10-11,14-16H2,(H,27,30). The van der Waals surface area contributed by atoms with Gasteiger partial charge in [-0.2, -0.15) is 0 Å². The molecule has 9 heteroatoms. The number of Topliss-reactive ketones (excluding diaryl/α,β-unsaturated/α-hetero) is 1. The molecule has 1 atom stereocenters. The molecule has 2 heterocycles. The van der Waals surface area contributed by atoms with Gasteiger partial charge in [0.25, 0.3) is 5.91 Å². The molecule has 180 valence electrons. The predicted octanol–water partition coefficient (Wildman–Crippen LogP) is 3.40. The van der Waals surface area contributed by atoms with Crippen LogP contribution in [0.3, 0.4) is 0 Å². The molecule has 4 rings (SSSR count). The van der Waals surface area contributed by atoms with Crippen molar-refractivity contribution in [3.63, 3.8) is 0 Å². The van der Waals surface area contributed by atoms with Crippen molar-refractivity contribution in [3.8, 4) is 11.5 Å². The normalized spacial score (nSPS) is 17.1. The largest absolute Gasteiger partial charge is 0.485 e. The molecule has 2 aromatic rings. The summed E-state index contributed by atoms with van der Waals surface area (Å²) in [7, 11) is 0. The quantitative estimate of drug-likeness (QED) is 0.517. The third-order valence-corrected chi connectivity index (χ3v) is 5.96. The summed E-state index contributed by atoms with van der Waals surface area (Å²) in [5.41, 5.74) is 0.919. The molecule has 2 aliphatic rings. The average Bonchev–Trinajstić information content (AvgIpc) is 3.36. The summed E-state index contributed by atoms with van der Waals surface area (Å²) in [6.07, 6.45) is 2.86. The second-order valence-electron chi connectivity index (χ2n) is 8.23. The van der Waals surface area contributed by atoms with E-state index in [0.717, 1.165) is 19.4 Å². The van der Waals surface area contributed by atoms with Gasteiger partial charge in [0.15, 0.2) is 19.0 Å². The van der Waals surface area contributed by atoms with Gasteiger partial charge in [-0.15, -0.1) is 0 Å². The van der Waals surface area contributed by atoms with Gasteiger partial charge in [-0.3, -0.25) is 14.4 Å². The Bertz CT molecular complexity index is 1050. The van der Waals surface area contributed by atoms with Gasteiger partial charge in [0, 0.05) is 36.7 Å². The number of hydrogen-bond acceptors (Lipinski definition) is 6. The summed E-state index contributed by atoms with van der Waals surface area (Å²) >= 11 is 5.95. The number of carbonyl (C=O) groups is 3. The Kier molecular flexibility index (Phi) is 8.03. The summed E-state index contributed by atoms with van der Waals surface area (Å²) in [5.74, 6) is 0.492. The van der Waals surface area contributed by atoms with Crippen molar-refractivity contribution in [3.05, 3.63) is 53.1 Å². The second kappa shape index (κ2) is 11.4. The van der Waals surface area contributed by atoms with E-state index in [0.29, 0.717) is 53.7 Å². The van der Waals surface area contributed by atoms with Crippen LogP contribution in [0.4, 0.5) is 5.69 Å².